The number of rotatable bonds is 7. The van der Waals surface area contributed by atoms with E-state index in [9.17, 15) is 4.79 Å². The molecule has 0 bridgehead atoms. The van der Waals surface area contributed by atoms with E-state index in [0.717, 1.165) is 48.6 Å². The van der Waals surface area contributed by atoms with Crippen molar-refractivity contribution in [2.75, 3.05) is 46.0 Å². The van der Waals surface area contributed by atoms with Crippen molar-refractivity contribution < 1.29 is 14.3 Å². The average Bonchev–Trinajstić information content (AvgIpc) is 2.52. The van der Waals surface area contributed by atoms with Crippen molar-refractivity contribution in [1.29, 1.82) is 0 Å². The number of amides is 1. The minimum absolute atomic E-state index is 0.0676. The van der Waals surface area contributed by atoms with Gasteiger partial charge in [0, 0.05) is 23.2 Å². The molecule has 0 atom stereocenters. The number of carbonyl (C=O) groups is 1. The Balaban J connectivity index is 1.54. The molecular formula is C15H21IN2O3. The summed E-state index contributed by atoms with van der Waals surface area (Å²) in [6.45, 7) is 5.37. The topological polar surface area (TPSA) is 50.8 Å². The molecule has 1 amide bonds. The van der Waals surface area contributed by atoms with E-state index in [4.69, 9.17) is 9.47 Å². The van der Waals surface area contributed by atoms with Gasteiger partial charge < -0.3 is 14.8 Å². The molecule has 116 valence electrons. The number of ether oxygens (including phenoxy) is 2. The van der Waals surface area contributed by atoms with Gasteiger partial charge in [0.2, 0.25) is 0 Å². The fourth-order valence-corrected chi connectivity index (χ4v) is 2.45. The summed E-state index contributed by atoms with van der Waals surface area (Å²) in [4.78, 5) is 14.0. The van der Waals surface area contributed by atoms with Crippen LogP contribution >= 0.6 is 22.6 Å². The monoisotopic (exact) mass is 404 g/mol. The van der Waals surface area contributed by atoms with E-state index in [1.54, 1.807) is 0 Å². The summed E-state index contributed by atoms with van der Waals surface area (Å²) in [6, 6.07) is 7.65. The zero-order chi connectivity index (χ0) is 14.9. The number of hydrogen-bond donors (Lipinski definition) is 1. The molecule has 0 aromatic heterocycles. The van der Waals surface area contributed by atoms with E-state index >= 15 is 0 Å². The van der Waals surface area contributed by atoms with Crippen molar-refractivity contribution in [2.24, 2.45) is 0 Å². The molecule has 1 saturated heterocycles. The van der Waals surface area contributed by atoms with Gasteiger partial charge in [0.1, 0.15) is 5.75 Å². The summed E-state index contributed by atoms with van der Waals surface area (Å²) in [5, 5.41) is 2.88. The van der Waals surface area contributed by atoms with Gasteiger partial charge in [-0.15, -0.1) is 0 Å². The molecular weight excluding hydrogens is 383 g/mol. The lowest BCUT2D eigenvalue weighted by atomic mass is 10.3. The first kappa shape index (κ1) is 16.5. The van der Waals surface area contributed by atoms with Crippen molar-refractivity contribution in [3.8, 4) is 5.75 Å². The first-order valence-electron chi connectivity index (χ1n) is 7.19. The summed E-state index contributed by atoms with van der Waals surface area (Å²) < 4.78 is 11.9. The van der Waals surface area contributed by atoms with Crippen molar-refractivity contribution in [1.82, 2.24) is 10.2 Å². The minimum Gasteiger partial charge on any atom is -0.484 e. The number of nitrogens with zero attached hydrogens (tertiary/aromatic N) is 1. The molecule has 0 spiro atoms. The number of benzene rings is 1. The van der Waals surface area contributed by atoms with Crippen LogP contribution in [0.4, 0.5) is 0 Å². The lowest BCUT2D eigenvalue weighted by molar-refractivity contribution is -0.123. The van der Waals surface area contributed by atoms with Crippen LogP contribution in [0.1, 0.15) is 6.42 Å². The van der Waals surface area contributed by atoms with E-state index in [0.29, 0.717) is 6.54 Å². The van der Waals surface area contributed by atoms with Gasteiger partial charge in [-0.1, -0.05) is 0 Å². The van der Waals surface area contributed by atoms with E-state index in [1.807, 2.05) is 24.3 Å². The first-order chi connectivity index (χ1) is 10.2. The Labute approximate surface area is 139 Å². The highest BCUT2D eigenvalue weighted by atomic mass is 127. The molecule has 6 heteroatoms. The Morgan fingerprint density at radius 3 is 2.71 bits per heavy atom. The smallest absolute Gasteiger partial charge is 0.257 e. The molecule has 1 fully saturated rings. The maximum Gasteiger partial charge on any atom is 0.257 e. The minimum atomic E-state index is -0.0736. The third-order valence-corrected chi connectivity index (χ3v) is 3.98. The van der Waals surface area contributed by atoms with Gasteiger partial charge in [0.05, 0.1) is 13.2 Å². The fourth-order valence-electron chi connectivity index (χ4n) is 2.09. The van der Waals surface area contributed by atoms with Crippen LogP contribution in [0.5, 0.6) is 5.75 Å². The Bertz CT molecular complexity index is 433. The SMILES string of the molecule is O=C(COc1ccc(I)cc1)NCCCN1CCOCC1. The van der Waals surface area contributed by atoms with Crippen LogP contribution in [0, 0.1) is 3.57 Å². The molecule has 0 saturated carbocycles. The molecule has 2 rings (SSSR count). The van der Waals surface area contributed by atoms with Gasteiger partial charge in [-0.25, -0.2) is 0 Å². The maximum atomic E-state index is 11.7. The average molecular weight is 404 g/mol. The van der Waals surface area contributed by atoms with Crippen LogP contribution < -0.4 is 10.1 Å². The molecule has 0 unspecified atom stereocenters. The van der Waals surface area contributed by atoms with Crippen molar-refractivity contribution >= 4 is 28.5 Å². The Hall–Kier alpha value is -0.860. The lowest BCUT2D eigenvalue weighted by Gasteiger charge is -2.26. The molecule has 5 nitrogen and oxygen atoms in total. The van der Waals surface area contributed by atoms with Gasteiger partial charge in [0.15, 0.2) is 6.61 Å². The predicted molar refractivity (Wildman–Crippen MR) is 89.5 cm³/mol. The number of morpholine rings is 1. The third kappa shape index (κ3) is 6.62. The number of nitrogens with one attached hydrogen (secondary N) is 1. The van der Waals surface area contributed by atoms with E-state index in [2.05, 4.69) is 32.8 Å². The summed E-state index contributed by atoms with van der Waals surface area (Å²) in [5.74, 6) is 0.648. The van der Waals surface area contributed by atoms with Crippen LogP contribution in [-0.2, 0) is 9.53 Å². The predicted octanol–water partition coefficient (Wildman–Crippen LogP) is 1.51. The van der Waals surface area contributed by atoms with Crippen LogP contribution in [0.15, 0.2) is 24.3 Å². The second-order valence-electron chi connectivity index (χ2n) is 4.90. The summed E-state index contributed by atoms with van der Waals surface area (Å²) >= 11 is 2.23. The molecule has 1 aliphatic rings. The van der Waals surface area contributed by atoms with Crippen LogP contribution in [0.3, 0.4) is 0 Å². The molecule has 0 radical (unpaired) electrons. The third-order valence-electron chi connectivity index (χ3n) is 3.26. The van der Waals surface area contributed by atoms with Gasteiger partial charge in [-0.2, -0.15) is 0 Å². The van der Waals surface area contributed by atoms with Gasteiger partial charge in [-0.05, 0) is 59.8 Å². The second kappa shape index (κ2) is 9.22. The first-order valence-corrected chi connectivity index (χ1v) is 8.27. The van der Waals surface area contributed by atoms with Crippen LogP contribution in [0.25, 0.3) is 0 Å². The van der Waals surface area contributed by atoms with Crippen molar-refractivity contribution in [2.45, 2.75) is 6.42 Å². The number of hydrogen-bond acceptors (Lipinski definition) is 4. The highest BCUT2D eigenvalue weighted by molar-refractivity contribution is 14.1. The second-order valence-corrected chi connectivity index (χ2v) is 6.15. The number of carbonyl (C=O) groups excluding carboxylic acids is 1. The summed E-state index contributed by atoms with van der Waals surface area (Å²) in [6.07, 6.45) is 0.954. The standard InChI is InChI=1S/C15H21IN2O3/c16-13-2-4-14(5-3-13)21-12-15(19)17-6-1-7-18-8-10-20-11-9-18/h2-5H,1,6-12H2,(H,17,19). The van der Waals surface area contributed by atoms with Gasteiger partial charge >= 0.3 is 0 Å². The molecule has 1 aromatic carbocycles. The molecule has 1 aliphatic heterocycles. The van der Waals surface area contributed by atoms with Crippen LogP contribution in [0.2, 0.25) is 0 Å². The summed E-state index contributed by atoms with van der Waals surface area (Å²) in [7, 11) is 0. The number of halogens is 1. The molecule has 1 heterocycles. The van der Waals surface area contributed by atoms with E-state index in [1.165, 1.54) is 0 Å². The van der Waals surface area contributed by atoms with Gasteiger partial charge in [-0.3, -0.25) is 9.69 Å². The highest BCUT2D eigenvalue weighted by Gasteiger charge is 2.09. The van der Waals surface area contributed by atoms with Crippen LogP contribution in [-0.4, -0.2) is 56.8 Å². The fraction of sp³-hybridized carbons (Fsp3) is 0.533. The maximum absolute atomic E-state index is 11.7. The quantitative estimate of drug-likeness (QED) is 0.553. The lowest BCUT2D eigenvalue weighted by Crippen LogP contribution is -2.38. The zero-order valence-corrected chi connectivity index (χ0v) is 14.2. The summed E-state index contributed by atoms with van der Waals surface area (Å²) in [5.41, 5.74) is 0. The Morgan fingerprint density at radius 2 is 2.00 bits per heavy atom. The molecule has 1 aromatic rings. The highest BCUT2D eigenvalue weighted by Crippen LogP contribution is 2.13. The van der Waals surface area contributed by atoms with E-state index < -0.39 is 0 Å². The van der Waals surface area contributed by atoms with Crippen molar-refractivity contribution in [3.63, 3.8) is 0 Å². The molecule has 21 heavy (non-hydrogen) atoms. The van der Waals surface area contributed by atoms with E-state index in [-0.39, 0.29) is 12.5 Å². The normalized spacial score (nSPS) is 15.7. The zero-order valence-electron chi connectivity index (χ0n) is 12.0. The Kier molecular flexibility index (Phi) is 7.25. The van der Waals surface area contributed by atoms with Gasteiger partial charge in [0.25, 0.3) is 5.91 Å². The van der Waals surface area contributed by atoms with Crippen molar-refractivity contribution in [3.05, 3.63) is 27.8 Å². The molecule has 1 N–H and O–H groups in total. The largest absolute Gasteiger partial charge is 0.484 e. The molecule has 0 aliphatic carbocycles. The Morgan fingerprint density at radius 1 is 1.29 bits per heavy atom.